The fraction of sp³-hybridized carbons (Fsp3) is 0.200. The Bertz CT molecular complexity index is 352. The smallest absolute Gasteiger partial charge is 0.123 e. The topological polar surface area (TPSA) is 46.2 Å². The fourth-order valence-corrected chi connectivity index (χ4v) is 0.988. The van der Waals surface area contributed by atoms with Gasteiger partial charge in [0.2, 0.25) is 0 Å². The summed E-state index contributed by atoms with van der Waals surface area (Å²) in [6, 6.07) is 4.22. The van der Waals surface area contributed by atoms with E-state index in [1.54, 1.807) is 6.07 Å². The summed E-state index contributed by atoms with van der Waals surface area (Å²) in [4.78, 5) is 0. The first-order valence-corrected chi connectivity index (χ1v) is 3.86. The number of benzene rings is 1. The zero-order valence-corrected chi connectivity index (χ0v) is 7.05. The molecule has 0 fully saturated rings. The van der Waals surface area contributed by atoms with Crippen LogP contribution in [-0.4, -0.2) is 11.7 Å². The highest BCUT2D eigenvalue weighted by Gasteiger charge is 1.99. The molecule has 0 atom stereocenters. The van der Waals surface area contributed by atoms with Gasteiger partial charge >= 0.3 is 0 Å². The SMILES string of the molecule is NCc1cc(F)ccc1C#CCO. The number of aliphatic hydroxyl groups is 1. The number of aliphatic hydroxyl groups excluding tert-OH is 1. The van der Waals surface area contributed by atoms with Gasteiger partial charge in [-0.1, -0.05) is 11.8 Å². The van der Waals surface area contributed by atoms with E-state index in [-0.39, 0.29) is 19.0 Å². The van der Waals surface area contributed by atoms with E-state index in [0.29, 0.717) is 11.1 Å². The Balaban J connectivity index is 3.06. The molecule has 1 rings (SSSR count). The van der Waals surface area contributed by atoms with Crippen LogP contribution in [0.5, 0.6) is 0 Å². The van der Waals surface area contributed by atoms with Crippen LogP contribution in [0.1, 0.15) is 11.1 Å². The van der Waals surface area contributed by atoms with Crippen LogP contribution in [0.3, 0.4) is 0 Å². The van der Waals surface area contributed by atoms with Crippen molar-refractivity contribution in [3.8, 4) is 11.8 Å². The van der Waals surface area contributed by atoms with Gasteiger partial charge in [-0.25, -0.2) is 4.39 Å². The van der Waals surface area contributed by atoms with Gasteiger partial charge in [0.25, 0.3) is 0 Å². The van der Waals surface area contributed by atoms with E-state index in [1.807, 2.05) is 0 Å². The molecule has 3 heteroatoms. The van der Waals surface area contributed by atoms with Crippen molar-refractivity contribution in [3.63, 3.8) is 0 Å². The molecule has 1 aromatic rings. The lowest BCUT2D eigenvalue weighted by molar-refractivity contribution is 0.350. The Kier molecular flexibility index (Phi) is 3.44. The molecule has 0 spiro atoms. The van der Waals surface area contributed by atoms with Crippen molar-refractivity contribution in [3.05, 3.63) is 35.1 Å². The van der Waals surface area contributed by atoms with Crippen molar-refractivity contribution in [2.24, 2.45) is 5.73 Å². The summed E-state index contributed by atoms with van der Waals surface area (Å²) in [5.41, 5.74) is 6.71. The minimum atomic E-state index is -0.324. The first kappa shape index (κ1) is 9.72. The lowest BCUT2D eigenvalue weighted by Crippen LogP contribution is -2.00. The zero-order chi connectivity index (χ0) is 9.68. The third kappa shape index (κ3) is 2.55. The Morgan fingerprint density at radius 2 is 2.23 bits per heavy atom. The molecule has 13 heavy (non-hydrogen) atoms. The van der Waals surface area contributed by atoms with Crippen LogP contribution in [0, 0.1) is 17.7 Å². The molecule has 0 aliphatic heterocycles. The largest absolute Gasteiger partial charge is 0.384 e. The van der Waals surface area contributed by atoms with Crippen LogP contribution < -0.4 is 5.73 Å². The highest BCUT2D eigenvalue weighted by molar-refractivity contribution is 5.41. The van der Waals surface area contributed by atoms with Crippen LogP contribution in [0.2, 0.25) is 0 Å². The molecule has 0 aromatic heterocycles. The van der Waals surface area contributed by atoms with Crippen molar-refractivity contribution in [1.82, 2.24) is 0 Å². The van der Waals surface area contributed by atoms with Gasteiger partial charge in [-0.15, -0.1) is 0 Å². The molecular weight excluding hydrogens is 169 g/mol. The highest BCUT2D eigenvalue weighted by atomic mass is 19.1. The van der Waals surface area contributed by atoms with Crippen molar-refractivity contribution in [1.29, 1.82) is 0 Å². The maximum Gasteiger partial charge on any atom is 0.123 e. The summed E-state index contributed by atoms with van der Waals surface area (Å²) in [5.74, 6) is 4.86. The van der Waals surface area contributed by atoms with Gasteiger partial charge < -0.3 is 10.8 Å². The number of hydrogen-bond acceptors (Lipinski definition) is 2. The number of hydrogen-bond donors (Lipinski definition) is 2. The second-order valence-electron chi connectivity index (χ2n) is 2.47. The molecule has 0 amide bonds. The first-order chi connectivity index (χ1) is 6.27. The predicted molar refractivity (Wildman–Crippen MR) is 48.3 cm³/mol. The Hall–Kier alpha value is -1.37. The number of halogens is 1. The summed E-state index contributed by atoms with van der Waals surface area (Å²) >= 11 is 0. The summed E-state index contributed by atoms with van der Waals surface area (Å²) in [7, 11) is 0. The van der Waals surface area contributed by atoms with Crippen LogP contribution >= 0.6 is 0 Å². The number of nitrogens with two attached hydrogens (primary N) is 1. The van der Waals surface area contributed by atoms with Gasteiger partial charge in [-0.3, -0.25) is 0 Å². The normalized spacial score (nSPS) is 9.15. The fourth-order valence-electron chi connectivity index (χ4n) is 0.988. The average Bonchev–Trinajstić information content (AvgIpc) is 2.16. The molecular formula is C10H10FNO. The van der Waals surface area contributed by atoms with E-state index < -0.39 is 0 Å². The van der Waals surface area contributed by atoms with E-state index in [0.717, 1.165) is 0 Å². The van der Waals surface area contributed by atoms with Gasteiger partial charge in [0.15, 0.2) is 0 Å². The third-order valence-electron chi connectivity index (χ3n) is 1.59. The van der Waals surface area contributed by atoms with Crippen molar-refractivity contribution in [2.45, 2.75) is 6.54 Å². The summed E-state index contributed by atoms with van der Waals surface area (Å²) in [5, 5.41) is 8.47. The zero-order valence-electron chi connectivity index (χ0n) is 7.05. The highest BCUT2D eigenvalue weighted by Crippen LogP contribution is 2.09. The van der Waals surface area contributed by atoms with Crippen LogP contribution in [-0.2, 0) is 6.54 Å². The molecule has 0 unspecified atom stereocenters. The number of rotatable bonds is 1. The Morgan fingerprint density at radius 1 is 1.46 bits per heavy atom. The van der Waals surface area contributed by atoms with Gasteiger partial charge in [-0.05, 0) is 23.8 Å². The van der Waals surface area contributed by atoms with Gasteiger partial charge in [0.05, 0.1) is 0 Å². The third-order valence-corrected chi connectivity index (χ3v) is 1.59. The molecule has 3 N–H and O–H groups in total. The molecule has 0 bridgehead atoms. The second-order valence-corrected chi connectivity index (χ2v) is 2.47. The van der Waals surface area contributed by atoms with Crippen molar-refractivity contribution < 1.29 is 9.50 Å². The van der Waals surface area contributed by atoms with E-state index in [1.165, 1.54) is 12.1 Å². The molecule has 0 aliphatic rings. The maximum atomic E-state index is 12.7. The van der Waals surface area contributed by atoms with E-state index in [9.17, 15) is 4.39 Å². The van der Waals surface area contributed by atoms with Gasteiger partial charge in [0.1, 0.15) is 12.4 Å². The lowest BCUT2D eigenvalue weighted by Gasteiger charge is -2.00. The first-order valence-electron chi connectivity index (χ1n) is 3.86. The molecule has 1 aromatic carbocycles. The molecule has 68 valence electrons. The minimum Gasteiger partial charge on any atom is -0.384 e. The van der Waals surface area contributed by atoms with Crippen molar-refractivity contribution >= 4 is 0 Å². The van der Waals surface area contributed by atoms with E-state index >= 15 is 0 Å². The predicted octanol–water partition coefficient (Wildman–Crippen LogP) is 0.628. The van der Waals surface area contributed by atoms with E-state index in [4.69, 9.17) is 10.8 Å². The summed E-state index contributed by atoms with van der Waals surface area (Å²) in [6.07, 6.45) is 0. The molecule has 0 aliphatic carbocycles. The molecule has 2 nitrogen and oxygen atoms in total. The van der Waals surface area contributed by atoms with Gasteiger partial charge in [0, 0.05) is 12.1 Å². The Labute approximate surface area is 76.2 Å². The minimum absolute atomic E-state index is 0.207. The molecule has 0 radical (unpaired) electrons. The Morgan fingerprint density at radius 3 is 2.85 bits per heavy atom. The maximum absolute atomic E-state index is 12.7. The summed E-state index contributed by atoms with van der Waals surface area (Å²) in [6.45, 7) is 0.0363. The molecule has 0 saturated heterocycles. The second kappa shape index (κ2) is 4.61. The van der Waals surface area contributed by atoms with E-state index in [2.05, 4.69) is 11.8 Å². The van der Waals surface area contributed by atoms with Crippen LogP contribution in [0.4, 0.5) is 4.39 Å². The molecule has 0 heterocycles. The average molecular weight is 179 g/mol. The van der Waals surface area contributed by atoms with Crippen LogP contribution in [0.15, 0.2) is 18.2 Å². The van der Waals surface area contributed by atoms with Crippen molar-refractivity contribution in [2.75, 3.05) is 6.61 Å². The van der Waals surface area contributed by atoms with Gasteiger partial charge in [-0.2, -0.15) is 0 Å². The monoisotopic (exact) mass is 179 g/mol. The lowest BCUT2D eigenvalue weighted by atomic mass is 10.1. The molecule has 0 saturated carbocycles. The van der Waals surface area contributed by atoms with Crippen LogP contribution in [0.25, 0.3) is 0 Å². The summed E-state index contributed by atoms with van der Waals surface area (Å²) < 4.78 is 12.7. The quantitative estimate of drug-likeness (QED) is 0.621. The standard InChI is InChI=1S/C10H10FNO/c11-10-4-3-8(2-1-5-13)9(6-10)7-12/h3-4,6,13H,5,7,12H2.